The topological polar surface area (TPSA) is 41.1 Å². The quantitative estimate of drug-likeness (QED) is 0.880. The van der Waals surface area contributed by atoms with Gasteiger partial charge in [0.15, 0.2) is 0 Å². The van der Waals surface area contributed by atoms with Crippen molar-refractivity contribution in [3.05, 3.63) is 28.7 Å². The van der Waals surface area contributed by atoms with E-state index in [1.807, 2.05) is 24.3 Å². The van der Waals surface area contributed by atoms with Crippen molar-refractivity contribution >= 4 is 39.9 Å². The molecule has 17 heavy (non-hydrogen) atoms. The molecule has 0 spiro atoms. The van der Waals surface area contributed by atoms with Crippen LogP contribution in [0.25, 0.3) is 0 Å². The van der Waals surface area contributed by atoms with E-state index in [2.05, 4.69) is 26.6 Å². The Morgan fingerprint density at radius 1 is 1.29 bits per heavy atom. The standard InChI is InChI=1S/C12H15BrN2O.ClH/c13-9-4-6-10(7-5-9)15-12(16)11-3-1-2-8-14-11;/h4-7,11,14H,1-3,8H2,(H,15,16);1H/t11-;/m1./s1. The zero-order valence-electron chi connectivity index (χ0n) is 9.41. The van der Waals surface area contributed by atoms with E-state index in [-0.39, 0.29) is 24.4 Å². The molecular formula is C12H16BrClN2O. The number of benzene rings is 1. The number of rotatable bonds is 2. The Labute approximate surface area is 116 Å². The van der Waals surface area contributed by atoms with Gasteiger partial charge in [-0.15, -0.1) is 12.4 Å². The first-order chi connectivity index (χ1) is 7.75. The van der Waals surface area contributed by atoms with Gasteiger partial charge < -0.3 is 10.6 Å². The number of anilines is 1. The van der Waals surface area contributed by atoms with Crippen molar-refractivity contribution in [3.63, 3.8) is 0 Å². The van der Waals surface area contributed by atoms with Crippen molar-refractivity contribution in [1.82, 2.24) is 5.32 Å². The molecule has 0 radical (unpaired) electrons. The maximum Gasteiger partial charge on any atom is 0.241 e. The highest BCUT2D eigenvalue weighted by molar-refractivity contribution is 9.10. The summed E-state index contributed by atoms with van der Waals surface area (Å²) in [6, 6.07) is 7.60. The molecule has 0 aliphatic carbocycles. The third kappa shape index (κ3) is 4.30. The lowest BCUT2D eigenvalue weighted by Gasteiger charge is -2.22. The smallest absolute Gasteiger partial charge is 0.241 e. The van der Waals surface area contributed by atoms with E-state index < -0.39 is 0 Å². The maximum atomic E-state index is 11.9. The second-order valence-corrected chi connectivity index (χ2v) is 4.91. The first-order valence-electron chi connectivity index (χ1n) is 5.55. The third-order valence-corrected chi connectivity index (χ3v) is 3.27. The summed E-state index contributed by atoms with van der Waals surface area (Å²) < 4.78 is 1.02. The van der Waals surface area contributed by atoms with E-state index in [4.69, 9.17) is 0 Å². The van der Waals surface area contributed by atoms with E-state index in [9.17, 15) is 4.79 Å². The molecule has 0 aromatic heterocycles. The van der Waals surface area contributed by atoms with Gasteiger partial charge in [-0.3, -0.25) is 4.79 Å². The molecule has 1 fully saturated rings. The van der Waals surface area contributed by atoms with Gasteiger partial charge in [0.25, 0.3) is 0 Å². The third-order valence-electron chi connectivity index (χ3n) is 2.74. The summed E-state index contributed by atoms with van der Waals surface area (Å²) in [6.07, 6.45) is 3.23. The van der Waals surface area contributed by atoms with Crippen molar-refractivity contribution in [2.45, 2.75) is 25.3 Å². The van der Waals surface area contributed by atoms with Gasteiger partial charge in [-0.2, -0.15) is 0 Å². The molecule has 0 bridgehead atoms. The van der Waals surface area contributed by atoms with Crippen molar-refractivity contribution in [3.8, 4) is 0 Å². The molecule has 1 atom stereocenters. The SMILES string of the molecule is Cl.O=C(Nc1ccc(Br)cc1)[C@H]1CCCCN1. The van der Waals surface area contributed by atoms with Crippen LogP contribution in [-0.2, 0) is 4.79 Å². The van der Waals surface area contributed by atoms with Crippen LogP contribution in [0.15, 0.2) is 28.7 Å². The summed E-state index contributed by atoms with van der Waals surface area (Å²) in [5.74, 6) is 0.0713. The predicted molar refractivity (Wildman–Crippen MR) is 75.7 cm³/mol. The fourth-order valence-electron chi connectivity index (χ4n) is 1.84. The van der Waals surface area contributed by atoms with E-state index in [1.54, 1.807) is 0 Å². The first kappa shape index (κ1) is 14.5. The van der Waals surface area contributed by atoms with Crippen LogP contribution in [0.5, 0.6) is 0 Å². The number of carbonyl (C=O) groups is 1. The highest BCUT2D eigenvalue weighted by Gasteiger charge is 2.20. The van der Waals surface area contributed by atoms with Crippen molar-refractivity contribution in [1.29, 1.82) is 0 Å². The first-order valence-corrected chi connectivity index (χ1v) is 6.35. The van der Waals surface area contributed by atoms with Crippen LogP contribution >= 0.6 is 28.3 Å². The molecule has 1 saturated heterocycles. The average molecular weight is 320 g/mol. The Kier molecular flexibility index (Phi) is 5.95. The van der Waals surface area contributed by atoms with Gasteiger partial charge in [0.05, 0.1) is 6.04 Å². The minimum absolute atomic E-state index is 0. The van der Waals surface area contributed by atoms with Crippen LogP contribution in [-0.4, -0.2) is 18.5 Å². The molecule has 1 heterocycles. The highest BCUT2D eigenvalue weighted by Crippen LogP contribution is 2.15. The number of halogens is 2. The lowest BCUT2D eigenvalue weighted by atomic mass is 10.0. The summed E-state index contributed by atoms with van der Waals surface area (Å²) in [7, 11) is 0. The molecule has 2 rings (SSSR count). The number of hydrogen-bond donors (Lipinski definition) is 2. The van der Waals surface area contributed by atoms with Crippen molar-refractivity contribution < 1.29 is 4.79 Å². The van der Waals surface area contributed by atoms with Crippen LogP contribution < -0.4 is 10.6 Å². The van der Waals surface area contributed by atoms with E-state index >= 15 is 0 Å². The summed E-state index contributed by atoms with van der Waals surface area (Å²) in [5.41, 5.74) is 0.848. The van der Waals surface area contributed by atoms with Crippen molar-refractivity contribution in [2.75, 3.05) is 11.9 Å². The molecule has 2 N–H and O–H groups in total. The minimum Gasteiger partial charge on any atom is -0.325 e. The summed E-state index contributed by atoms with van der Waals surface area (Å²) in [6.45, 7) is 0.943. The Balaban J connectivity index is 0.00000144. The van der Waals surface area contributed by atoms with E-state index in [0.29, 0.717) is 0 Å². The van der Waals surface area contributed by atoms with Crippen LogP contribution in [0, 0.1) is 0 Å². The normalized spacial score (nSPS) is 19.2. The second-order valence-electron chi connectivity index (χ2n) is 4.00. The zero-order chi connectivity index (χ0) is 11.4. The molecule has 94 valence electrons. The van der Waals surface area contributed by atoms with Crippen molar-refractivity contribution in [2.24, 2.45) is 0 Å². The van der Waals surface area contributed by atoms with Gasteiger partial charge in [0.2, 0.25) is 5.91 Å². The molecule has 1 aliphatic rings. The van der Waals surface area contributed by atoms with Crippen LogP contribution in [0.3, 0.4) is 0 Å². The average Bonchev–Trinajstić information content (AvgIpc) is 2.33. The maximum absolute atomic E-state index is 11.9. The number of carbonyl (C=O) groups excluding carboxylic acids is 1. The fraction of sp³-hybridized carbons (Fsp3) is 0.417. The Bertz CT molecular complexity index is 363. The van der Waals surface area contributed by atoms with Crippen LogP contribution in [0.2, 0.25) is 0 Å². The number of hydrogen-bond acceptors (Lipinski definition) is 2. The highest BCUT2D eigenvalue weighted by atomic mass is 79.9. The predicted octanol–water partition coefficient (Wildman–Crippen LogP) is 2.95. The molecule has 3 nitrogen and oxygen atoms in total. The lowest BCUT2D eigenvalue weighted by Crippen LogP contribution is -2.43. The van der Waals surface area contributed by atoms with Gasteiger partial charge in [-0.1, -0.05) is 22.4 Å². The fourth-order valence-corrected chi connectivity index (χ4v) is 2.10. The van der Waals surface area contributed by atoms with Gasteiger partial charge in [-0.25, -0.2) is 0 Å². The van der Waals surface area contributed by atoms with E-state index in [0.717, 1.165) is 29.5 Å². The number of nitrogens with one attached hydrogen (secondary N) is 2. The minimum atomic E-state index is -0.0302. The molecule has 1 aromatic rings. The second kappa shape index (κ2) is 6.99. The summed E-state index contributed by atoms with van der Waals surface area (Å²) in [5, 5.41) is 6.15. The largest absolute Gasteiger partial charge is 0.325 e. The number of amides is 1. The van der Waals surface area contributed by atoms with Crippen LogP contribution in [0.4, 0.5) is 5.69 Å². The molecule has 1 amide bonds. The Morgan fingerprint density at radius 3 is 2.59 bits per heavy atom. The molecule has 1 aliphatic heterocycles. The molecule has 1 aromatic carbocycles. The van der Waals surface area contributed by atoms with Gasteiger partial charge in [-0.05, 0) is 43.7 Å². The van der Waals surface area contributed by atoms with Gasteiger partial charge in [0.1, 0.15) is 0 Å². The summed E-state index contributed by atoms with van der Waals surface area (Å²) in [4.78, 5) is 11.9. The molecule has 0 saturated carbocycles. The Hall–Kier alpha value is -0.580. The molecule has 0 unspecified atom stereocenters. The summed E-state index contributed by atoms with van der Waals surface area (Å²) >= 11 is 3.36. The lowest BCUT2D eigenvalue weighted by molar-refractivity contribution is -0.118. The van der Waals surface area contributed by atoms with E-state index in [1.165, 1.54) is 6.42 Å². The Morgan fingerprint density at radius 2 is 2.00 bits per heavy atom. The van der Waals surface area contributed by atoms with Gasteiger partial charge >= 0.3 is 0 Å². The number of piperidine rings is 1. The van der Waals surface area contributed by atoms with Crippen LogP contribution in [0.1, 0.15) is 19.3 Å². The molecular weight excluding hydrogens is 304 g/mol. The van der Waals surface area contributed by atoms with Gasteiger partial charge in [0, 0.05) is 10.2 Å². The monoisotopic (exact) mass is 318 g/mol. The molecule has 5 heteroatoms. The zero-order valence-corrected chi connectivity index (χ0v) is 11.8.